The van der Waals surface area contributed by atoms with Crippen LogP contribution in [0.1, 0.15) is 15.9 Å². The highest BCUT2D eigenvalue weighted by atomic mass is 16.2. The van der Waals surface area contributed by atoms with Crippen LogP contribution in [-0.2, 0) is 6.54 Å². The Hall–Kier alpha value is -1.98. The molecule has 0 atom stereocenters. The fraction of sp³-hybridized carbons (Fsp3) is 0.375. The first-order valence-corrected chi connectivity index (χ1v) is 7.25. The normalized spacial score (nSPS) is 17.0. The van der Waals surface area contributed by atoms with Crippen molar-refractivity contribution in [1.29, 1.82) is 0 Å². The van der Waals surface area contributed by atoms with Crippen LogP contribution in [0.25, 0.3) is 0 Å². The van der Waals surface area contributed by atoms with E-state index in [1.165, 1.54) is 16.5 Å². The third kappa shape index (κ3) is 3.37. The lowest BCUT2D eigenvalue weighted by atomic mass is 10.1. The van der Waals surface area contributed by atoms with Gasteiger partial charge in [-0.2, -0.15) is 0 Å². The van der Waals surface area contributed by atoms with Gasteiger partial charge in [-0.25, -0.2) is 4.98 Å². The van der Waals surface area contributed by atoms with E-state index in [4.69, 9.17) is 0 Å². The van der Waals surface area contributed by atoms with Gasteiger partial charge >= 0.3 is 0 Å². The van der Waals surface area contributed by atoms with Crippen LogP contribution in [0.2, 0.25) is 0 Å². The molecule has 2 aromatic rings. The molecule has 1 fully saturated rings. The van der Waals surface area contributed by atoms with Crippen molar-refractivity contribution in [2.75, 3.05) is 33.2 Å². The summed E-state index contributed by atoms with van der Waals surface area (Å²) in [6, 6.07) is 7.88. The predicted octanol–water partition coefficient (Wildman–Crippen LogP) is 1.32. The molecule has 0 bridgehead atoms. The molecule has 0 saturated carbocycles. The summed E-state index contributed by atoms with van der Waals surface area (Å²) in [5, 5.41) is 0. The number of carbonyl (C=O) groups is 1. The Bertz CT molecular complexity index is 583. The van der Waals surface area contributed by atoms with Crippen LogP contribution >= 0.6 is 0 Å². The molecule has 5 heteroatoms. The first-order valence-electron chi connectivity index (χ1n) is 7.25. The van der Waals surface area contributed by atoms with Gasteiger partial charge in [0.15, 0.2) is 0 Å². The summed E-state index contributed by atoms with van der Waals surface area (Å²) < 4.78 is 1.50. The third-order valence-corrected chi connectivity index (χ3v) is 3.94. The number of likely N-dealkylation sites (N-methyl/N-ethyl adjacent to an activating group) is 1. The van der Waals surface area contributed by atoms with E-state index in [9.17, 15) is 4.79 Å². The number of rotatable bonds is 3. The summed E-state index contributed by atoms with van der Waals surface area (Å²) in [6.07, 6.45) is 4.81. The number of benzene rings is 1. The molecule has 21 heavy (non-hydrogen) atoms. The van der Waals surface area contributed by atoms with Crippen molar-refractivity contribution >= 4 is 5.91 Å². The maximum absolute atomic E-state index is 12.2. The SMILES string of the molecule is CN1CCN(Cc2ccc(C(=O)n3ccnc3)cc2)CC1. The van der Waals surface area contributed by atoms with Crippen molar-refractivity contribution < 1.29 is 4.79 Å². The van der Waals surface area contributed by atoms with Gasteiger partial charge in [-0.05, 0) is 24.7 Å². The van der Waals surface area contributed by atoms with E-state index < -0.39 is 0 Å². The third-order valence-electron chi connectivity index (χ3n) is 3.94. The van der Waals surface area contributed by atoms with Crippen LogP contribution in [0.4, 0.5) is 0 Å². The Morgan fingerprint density at radius 1 is 1.14 bits per heavy atom. The Labute approximate surface area is 124 Å². The summed E-state index contributed by atoms with van der Waals surface area (Å²) in [5.74, 6) is -0.0429. The highest BCUT2D eigenvalue weighted by molar-refractivity contribution is 5.95. The predicted molar refractivity (Wildman–Crippen MR) is 81.2 cm³/mol. The molecule has 3 rings (SSSR count). The second-order valence-electron chi connectivity index (χ2n) is 5.55. The zero-order valence-corrected chi connectivity index (χ0v) is 12.3. The molecular formula is C16H20N4O. The molecule has 0 aliphatic carbocycles. The quantitative estimate of drug-likeness (QED) is 0.852. The lowest BCUT2D eigenvalue weighted by molar-refractivity contribution is 0.0959. The van der Waals surface area contributed by atoms with Gasteiger partial charge in [0.1, 0.15) is 6.33 Å². The molecule has 1 aliphatic heterocycles. The lowest BCUT2D eigenvalue weighted by Crippen LogP contribution is -2.43. The van der Waals surface area contributed by atoms with Crippen LogP contribution in [0.15, 0.2) is 43.0 Å². The number of hydrogen-bond acceptors (Lipinski definition) is 4. The van der Waals surface area contributed by atoms with E-state index >= 15 is 0 Å². The minimum Gasteiger partial charge on any atom is -0.304 e. The minimum absolute atomic E-state index is 0.0429. The fourth-order valence-electron chi connectivity index (χ4n) is 2.55. The zero-order valence-electron chi connectivity index (χ0n) is 12.3. The second kappa shape index (κ2) is 6.20. The number of carbonyl (C=O) groups excluding carboxylic acids is 1. The van der Waals surface area contributed by atoms with Crippen LogP contribution < -0.4 is 0 Å². The summed E-state index contributed by atoms with van der Waals surface area (Å²) in [6.45, 7) is 5.40. The molecule has 5 nitrogen and oxygen atoms in total. The summed E-state index contributed by atoms with van der Waals surface area (Å²) in [5.41, 5.74) is 1.94. The number of hydrogen-bond donors (Lipinski definition) is 0. The lowest BCUT2D eigenvalue weighted by Gasteiger charge is -2.32. The highest BCUT2D eigenvalue weighted by Crippen LogP contribution is 2.10. The average molecular weight is 284 g/mol. The first kappa shape index (κ1) is 14.0. The van der Waals surface area contributed by atoms with Crippen LogP contribution in [0.3, 0.4) is 0 Å². The second-order valence-corrected chi connectivity index (χ2v) is 5.55. The minimum atomic E-state index is -0.0429. The van der Waals surface area contributed by atoms with Crippen molar-refractivity contribution in [2.24, 2.45) is 0 Å². The van der Waals surface area contributed by atoms with Crippen molar-refractivity contribution in [3.8, 4) is 0 Å². The van der Waals surface area contributed by atoms with Crippen molar-refractivity contribution in [1.82, 2.24) is 19.4 Å². The summed E-state index contributed by atoms with van der Waals surface area (Å²) in [4.78, 5) is 20.9. The standard InChI is InChI=1S/C16H20N4O/c1-18-8-10-19(11-9-18)12-14-2-4-15(5-3-14)16(21)20-7-6-17-13-20/h2-7,13H,8-12H2,1H3. The Balaban J connectivity index is 1.63. The van der Waals surface area contributed by atoms with E-state index in [1.807, 2.05) is 24.3 Å². The van der Waals surface area contributed by atoms with E-state index in [-0.39, 0.29) is 5.91 Å². The van der Waals surface area contributed by atoms with E-state index in [1.54, 1.807) is 12.4 Å². The Morgan fingerprint density at radius 3 is 2.48 bits per heavy atom. The first-order chi connectivity index (χ1) is 10.2. The molecule has 1 aromatic heterocycles. The number of nitrogens with zero attached hydrogens (tertiary/aromatic N) is 4. The highest BCUT2D eigenvalue weighted by Gasteiger charge is 2.14. The van der Waals surface area contributed by atoms with Crippen molar-refractivity contribution in [3.05, 3.63) is 54.1 Å². The smallest absolute Gasteiger partial charge is 0.263 e. The van der Waals surface area contributed by atoms with Gasteiger partial charge in [0.2, 0.25) is 0 Å². The van der Waals surface area contributed by atoms with Gasteiger partial charge in [0.05, 0.1) is 0 Å². The van der Waals surface area contributed by atoms with Crippen molar-refractivity contribution in [3.63, 3.8) is 0 Å². The van der Waals surface area contributed by atoms with Gasteiger partial charge in [-0.15, -0.1) is 0 Å². The van der Waals surface area contributed by atoms with Gasteiger partial charge < -0.3 is 4.90 Å². The number of piperazine rings is 1. The zero-order chi connectivity index (χ0) is 14.7. The Morgan fingerprint density at radius 2 is 1.86 bits per heavy atom. The van der Waals surface area contributed by atoms with Crippen molar-refractivity contribution in [2.45, 2.75) is 6.54 Å². The topological polar surface area (TPSA) is 41.4 Å². The largest absolute Gasteiger partial charge is 0.304 e. The van der Waals surface area contributed by atoms with E-state index in [2.05, 4.69) is 21.8 Å². The number of aromatic nitrogens is 2. The molecule has 1 aromatic carbocycles. The molecule has 0 radical (unpaired) electrons. The van der Waals surface area contributed by atoms with E-state index in [0.29, 0.717) is 5.56 Å². The maximum atomic E-state index is 12.2. The van der Waals surface area contributed by atoms with Gasteiger partial charge in [-0.1, -0.05) is 12.1 Å². The molecule has 0 unspecified atom stereocenters. The van der Waals surface area contributed by atoms with Gasteiger partial charge in [0, 0.05) is 50.7 Å². The van der Waals surface area contributed by atoms with Gasteiger partial charge in [0.25, 0.3) is 5.91 Å². The fourth-order valence-corrected chi connectivity index (χ4v) is 2.55. The molecule has 1 aliphatic rings. The van der Waals surface area contributed by atoms with Crippen LogP contribution in [-0.4, -0.2) is 58.5 Å². The summed E-state index contributed by atoms with van der Waals surface area (Å²) in [7, 11) is 2.16. The monoisotopic (exact) mass is 284 g/mol. The molecule has 110 valence electrons. The number of imidazole rings is 1. The van der Waals surface area contributed by atoms with E-state index in [0.717, 1.165) is 32.7 Å². The van der Waals surface area contributed by atoms with Gasteiger partial charge in [-0.3, -0.25) is 14.3 Å². The molecule has 0 N–H and O–H groups in total. The average Bonchev–Trinajstić information content (AvgIpc) is 3.04. The summed E-state index contributed by atoms with van der Waals surface area (Å²) >= 11 is 0. The molecule has 0 spiro atoms. The molecule has 1 saturated heterocycles. The molecular weight excluding hydrogens is 264 g/mol. The molecule has 2 heterocycles. The van der Waals surface area contributed by atoms with Crippen LogP contribution in [0, 0.1) is 0 Å². The maximum Gasteiger partial charge on any atom is 0.263 e. The Kier molecular flexibility index (Phi) is 4.13. The van der Waals surface area contributed by atoms with Crippen LogP contribution in [0.5, 0.6) is 0 Å². The molecule has 0 amide bonds.